The van der Waals surface area contributed by atoms with Crippen molar-refractivity contribution in [2.45, 2.75) is 270 Å². The molecule has 8 nitrogen and oxygen atoms in total. The molecule has 0 fully saturated rings. The number of hydrogen-bond donors (Lipinski definition) is 3. The number of unbranched alkanes of at least 4 members (excludes halogenated alkanes) is 33. The fourth-order valence-corrected chi connectivity index (χ4v) is 8.73. The third-order valence-corrected chi connectivity index (χ3v) is 13.3. The molecule has 378 valence electrons. The number of amides is 1. The molecule has 0 saturated heterocycles. The van der Waals surface area contributed by atoms with E-state index in [9.17, 15) is 19.4 Å². The predicted octanol–water partition coefficient (Wildman–Crippen LogP) is 16.2. The summed E-state index contributed by atoms with van der Waals surface area (Å²) in [6, 6.07) is -0.865. The summed E-state index contributed by atoms with van der Waals surface area (Å²) in [5.74, 6) is -0.189. The molecule has 0 aromatic rings. The summed E-state index contributed by atoms with van der Waals surface area (Å²) in [6.07, 6.45) is 59.5. The summed E-state index contributed by atoms with van der Waals surface area (Å²) < 4.78 is 23.7. The zero-order valence-corrected chi connectivity index (χ0v) is 43.9. The van der Waals surface area contributed by atoms with Crippen LogP contribution in [-0.2, 0) is 18.4 Å². The SMILES string of the molecule is CCCCCCCCC/C=C\CCCCCCCCCC(=O)NC(COP(=O)(O)OCC[N+](C)(C)C)C(O)/C=C/CC/C=C/CCCCCCCCCCCCCCCCCCCC. The van der Waals surface area contributed by atoms with Gasteiger partial charge in [0.25, 0.3) is 0 Å². The quantitative estimate of drug-likeness (QED) is 0.0243. The van der Waals surface area contributed by atoms with Gasteiger partial charge in [0, 0.05) is 6.42 Å². The number of aliphatic hydroxyl groups is 1. The van der Waals surface area contributed by atoms with Crippen molar-refractivity contribution in [2.24, 2.45) is 0 Å². The number of allylic oxidation sites excluding steroid dienone is 5. The summed E-state index contributed by atoms with van der Waals surface area (Å²) in [6.45, 7) is 4.81. The van der Waals surface area contributed by atoms with Crippen molar-refractivity contribution in [3.8, 4) is 0 Å². The normalized spacial score (nSPS) is 14.3. The Balaban J connectivity index is 4.30. The van der Waals surface area contributed by atoms with Gasteiger partial charge in [-0.1, -0.05) is 230 Å². The third kappa shape index (κ3) is 48.6. The monoisotopic (exact) mass is 924 g/mol. The molecule has 1 amide bonds. The second-order valence-electron chi connectivity index (χ2n) is 19.9. The first-order chi connectivity index (χ1) is 31.0. The Bertz CT molecular complexity index is 1140. The molecular formula is C55H108N2O6P+. The molecule has 0 saturated carbocycles. The van der Waals surface area contributed by atoms with E-state index in [1.54, 1.807) is 6.08 Å². The van der Waals surface area contributed by atoms with Crippen molar-refractivity contribution in [3.63, 3.8) is 0 Å². The average Bonchev–Trinajstić information content (AvgIpc) is 3.25. The molecule has 0 rings (SSSR count). The van der Waals surface area contributed by atoms with Gasteiger partial charge in [0.2, 0.25) is 5.91 Å². The van der Waals surface area contributed by atoms with Crippen molar-refractivity contribution < 1.29 is 32.9 Å². The van der Waals surface area contributed by atoms with Gasteiger partial charge in [0.1, 0.15) is 13.2 Å². The predicted molar refractivity (Wildman–Crippen MR) is 277 cm³/mol. The smallest absolute Gasteiger partial charge is 0.387 e. The molecular weight excluding hydrogens is 816 g/mol. The molecule has 9 heteroatoms. The fraction of sp³-hybridized carbons (Fsp3) is 0.873. The van der Waals surface area contributed by atoms with Crippen LogP contribution >= 0.6 is 7.82 Å². The van der Waals surface area contributed by atoms with E-state index in [-0.39, 0.29) is 19.1 Å². The molecule has 3 atom stereocenters. The first kappa shape index (κ1) is 62.7. The molecule has 3 unspecified atom stereocenters. The molecule has 0 aromatic carbocycles. The molecule has 0 radical (unpaired) electrons. The first-order valence-corrected chi connectivity index (χ1v) is 28.9. The van der Waals surface area contributed by atoms with Gasteiger partial charge in [-0.05, 0) is 57.8 Å². The van der Waals surface area contributed by atoms with Gasteiger partial charge in [-0.25, -0.2) is 4.57 Å². The maximum atomic E-state index is 12.9. The Labute approximate surface area is 397 Å². The summed E-state index contributed by atoms with van der Waals surface area (Å²) in [4.78, 5) is 23.2. The largest absolute Gasteiger partial charge is 0.472 e. The highest BCUT2D eigenvalue weighted by molar-refractivity contribution is 7.47. The van der Waals surface area contributed by atoms with Crippen molar-refractivity contribution in [1.82, 2.24) is 5.32 Å². The highest BCUT2D eigenvalue weighted by Gasteiger charge is 2.27. The molecule has 0 aliphatic heterocycles. The number of quaternary nitrogens is 1. The van der Waals surface area contributed by atoms with E-state index >= 15 is 0 Å². The van der Waals surface area contributed by atoms with Crippen LogP contribution in [0.15, 0.2) is 36.5 Å². The summed E-state index contributed by atoms with van der Waals surface area (Å²) in [5.41, 5.74) is 0. The van der Waals surface area contributed by atoms with Crippen molar-refractivity contribution in [3.05, 3.63) is 36.5 Å². The second-order valence-corrected chi connectivity index (χ2v) is 21.4. The van der Waals surface area contributed by atoms with Gasteiger partial charge in [-0.15, -0.1) is 0 Å². The lowest BCUT2D eigenvalue weighted by atomic mass is 10.0. The van der Waals surface area contributed by atoms with Gasteiger partial charge < -0.3 is 19.8 Å². The molecule has 3 N–H and O–H groups in total. The van der Waals surface area contributed by atoms with E-state index in [4.69, 9.17) is 9.05 Å². The van der Waals surface area contributed by atoms with Gasteiger partial charge >= 0.3 is 7.82 Å². The molecule has 0 aliphatic carbocycles. The number of aliphatic hydroxyl groups excluding tert-OH is 1. The Hall–Kier alpha value is -1.28. The Morgan fingerprint density at radius 3 is 1.25 bits per heavy atom. The number of rotatable bonds is 50. The minimum absolute atomic E-state index is 0.0558. The van der Waals surface area contributed by atoms with Gasteiger partial charge in [0.05, 0.1) is 39.9 Å². The Morgan fingerprint density at radius 1 is 0.516 bits per heavy atom. The standard InChI is InChI=1S/C55H107N2O6P/c1-6-8-10-12-14-16-18-20-22-24-26-27-28-29-30-31-32-34-36-38-40-42-44-46-48-54(58)53(52-63-64(60,61)62-51-50-57(3,4)5)56-55(59)49-47-45-43-41-39-37-35-33-25-23-21-19-17-15-13-11-9-7-2/h23,25,38,40,46,48,53-54,58H,6-22,24,26-37,39,41-45,47,49-52H2,1-5H3,(H-,56,59,60,61)/p+1/b25-23-,40-38+,48-46+. The van der Waals surface area contributed by atoms with Crippen LogP contribution in [0, 0.1) is 0 Å². The Morgan fingerprint density at radius 2 is 0.859 bits per heavy atom. The number of likely N-dealkylation sites (N-methyl/N-ethyl adjacent to an activating group) is 1. The van der Waals surface area contributed by atoms with Crippen molar-refractivity contribution in [2.75, 3.05) is 40.9 Å². The molecule has 0 aliphatic rings. The van der Waals surface area contributed by atoms with Crippen LogP contribution in [0.1, 0.15) is 258 Å². The summed E-state index contributed by atoms with van der Waals surface area (Å²) in [5, 5.41) is 13.9. The van der Waals surface area contributed by atoms with Crippen LogP contribution in [0.3, 0.4) is 0 Å². The van der Waals surface area contributed by atoms with E-state index in [1.807, 2.05) is 27.2 Å². The number of phosphoric acid groups is 1. The minimum atomic E-state index is -4.35. The zero-order valence-electron chi connectivity index (χ0n) is 43.0. The first-order valence-electron chi connectivity index (χ1n) is 27.4. The van der Waals surface area contributed by atoms with Crippen LogP contribution < -0.4 is 5.32 Å². The van der Waals surface area contributed by atoms with E-state index in [0.29, 0.717) is 17.4 Å². The van der Waals surface area contributed by atoms with Crippen LogP contribution in [0.4, 0.5) is 0 Å². The number of nitrogens with zero attached hydrogens (tertiary/aromatic N) is 1. The molecule has 0 aromatic heterocycles. The van der Waals surface area contributed by atoms with Crippen LogP contribution in [-0.4, -0.2) is 73.4 Å². The number of phosphoric ester groups is 1. The maximum absolute atomic E-state index is 12.9. The average molecular weight is 924 g/mol. The topological polar surface area (TPSA) is 105 Å². The van der Waals surface area contributed by atoms with Crippen LogP contribution in [0.25, 0.3) is 0 Å². The van der Waals surface area contributed by atoms with E-state index < -0.39 is 20.0 Å². The van der Waals surface area contributed by atoms with Crippen LogP contribution in [0.5, 0.6) is 0 Å². The fourth-order valence-electron chi connectivity index (χ4n) is 7.99. The Kier molecular flexibility index (Phi) is 45.9. The molecule has 64 heavy (non-hydrogen) atoms. The van der Waals surface area contributed by atoms with E-state index in [1.165, 1.54) is 199 Å². The van der Waals surface area contributed by atoms with E-state index in [0.717, 1.165) is 38.5 Å². The lowest BCUT2D eigenvalue weighted by Gasteiger charge is -2.25. The summed E-state index contributed by atoms with van der Waals surface area (Å²) >= 11 is 0. The third-order valence-electron chi connectivity index (χ3n) is 12.3. The lowest BCUT2D eigenvalue weighted by Crippen LogP contribution is -2.45. The van der Waals surface area contributed by atoms with Gasteiger partial charge in [-0.2, -0.15) is 0 Å². The van der Waals surface area contributed by atoms with Gasteiger partial charge in [0.15, 0.2) is 0 Å². The van der Waals surface area contributed by atoms with Crippen molar-refractivity contribution >= 4 is 13.7 Å². The second kappa shape index (κ2) is 46.8. The molecule has 0 spiro atoms. The minimum Gasteiger partial charge on any atom is -0.387 e. The maximum Gasteiger partial charge on any atom is 0.472 e. The number of carbonyl (C=O) groups excluding carboxylic acids is 1. The molecule has 0 heterocycles. The zero-order chi connectivity index (χ0) is 47.1. The molecule has 0 bridgehead atoms. The number of carbonyl (C=O) groups is 1. The summed E-state index contributed by atoms with van der Waals surface area (Å²) in [7, 11) is 1.56. The van der Waals surface area contributed by atoms with E-state index in [2.05, 4.69) is 43.5 Å². The lowest BCUT2D eigenvalue weighted by molar-refractivity contribution is -0.870. The number of hydrogen-bond acceptors (Lipinski definition) is 5. The highest BCUT2D eigenvalue weighted by Crippen LogP contribution is 2.43. The van der Waals surface area contributed by atoms with Gasteiger partial charge in [-0.3, -0.25) is 13.8 Å². The van der Waals surface area contributed by atoms with Crippen molar-refractivity contribution in [1.29, 1.82) is 0 Å². The highest BCUT2D eigenvalue weighted by atomic mass is 31.2. The van der Waals surface area contributed by atoms with Crippen LogP contribution in [0.2, 0.25) is 0 Å². The number of nitrogens with one attached hydrogen (secondary N) is 1.